The number of fused-ring (bicyclic) bond motifs is 2. The lowest BCUT2D eigenvalue weighted by Crippen LogP contribution is -1.94. The van der Waals surface area contributed by atoms with Gasteiger partial charge in [0.05, 0.1) is 23.9 Å². The summed E-state index contributed by atoms with van der Waals surface area (Å²) >= 11 is 0. The second kappa shape index (κ2) is 13.0. The van der Waals surface area contributed by atoms with Crippen molar-refractivity contribution in [2.24, 2.45) is 12.8 Å². The number of aryl methyl sites for hydroxylation is 1. The van der Waals surface area contributed by atoms with Crippen molar-refractivity contribution in [1.29, 1.82) is 5.26 Å². The van der Waals surface area contributed by atoms with Gasteiger partial charge in [-0.05, 0) is 41.8 Å². The Bertz CT molecular complexity index is 1030. The van der Waals surface area contributed by atoms with Gasteiger partial charge in [0, 0.05) is 30.7 Å². The first-order chi connectivity index (χ1) is 15.1. The molecule has 2 aromatic carbocycles. The van der Waals surface area contributed by atoms with Crippen molar-refractivity contribution >= 4 is 23.0 Å². The first-order valence-corrected chi connectivity index (χ1v) is 10.6. The first-order valence-electron chi connectivity index (χ1n) is 10.6. The lowest BCUT2D eigenvalue weighted by molar-refractivity contribution is -0.106. The minimum atomic E-state index is 0.250. The summed E-state index contributed by atoms with van der Waals surface area (Å²) in [7, 11) is 3.66. The van der Waals surface area contributed by atoms with Crippen LogP contribution in [0.3, 0.4) is 0 Å². The molecule has 0 spiro atoms. The average Bonchev–Trinajstić information content (AvgIpc) is 3.37. The highest BCUT2D eigenvalue weighted by atomic mass is 16.5. The molecule has 1 aliphatic heterocycles. The van der Waals surface area contributed by atoms with E-state index in [1.165, 1.54) is 17.7 Å². The summed E-state index contributed by atoms with van der Waals surface area (Å²) in [4.78, 5) is 8.58. The number of hydrogen-bond acceptors (Lipinski definition) is 4. The van der Waals surface area contributed by atoms with E-state index in [1.54, 1.807) is 7.11 Å². The number of nitrogens with zero attached hydrogens (tertiary/aromatic N) is 2. The van der Waals surface area contributed by atoms with Crippen LogP contribution >= 0.6 is 0 Å². The van der Waals surface area contributed by atoms with Gasteiger partial charge in [0.15, 0.2) is 0 Å². The summed E-state index contributed by atoms with van der Waals surface area (Å²) in [6.07, 6.45) is 2.53. The second-order valence-electron chi connectivity index (χ2n) is 6.67. The van der Waals surface area contributed by atoms with Crippen LogP contribution in [0.2, 0.25) is 0 Å². The van der Waals surface area contributed by atoms with Crippen molar-refractivity contribution in [3.8, 4) is 23.1 Å². The largest absolute Gasteiger partial charge is 0.497 e. The molecule has 1 amide bonds. The van der Waals surface area contributed by atoms with E-state index in [2.05, 4.69) is 53.7 Å². The minimum absolute atomic E-state index is 0.250. The molecule has 3 aromatic rings. The van der Waals surface area contributed by atoms with Crippen LogP contribution in [0.5, 0.6) is 5.75 Å². The van der Waals surface area contributed by atoms with E-state index < -0.39 is 0 Å². The number of ether oxygens (including phenoxy) is 1. The van der Waals surface area contributed by atoms with Gasteiger partial charge in [0.25, 0.3) is 0 Å². The van der Waals surface area contributed by atoms with Crippen LogP contribution < -0.4 is 15.8 Å². The maximum absolute atomic E-state index is 9.70. The maximum atomic E-state index is 9.70. The van der Waals surface area contributed by atoms with Crippen molar-refractivity contribution in [2.45, 2.75) is 40.5 Å². The van der Waals surface area contributed by atoms with Gasteiger partial charge in [-0.25, -0.2) is 0 Å². The van der Waals surface area contributed by atoms with E-state index >= 15 is 0 Å². The van der Waals surface area contributed by atoms with E-state index in [9.17, 15) is 5.26 Å². The number of amides is 1. The zero-order chi connectivity index (χ0) is 23.4. The Balaban J connectivity index is 0.000000531. The third kappa shape index (κ3) is 5.79. The fourth-order valence-electron chi connectivity index (χ4n) is 3.45. The van der Waals surface area contributed by atoms with Crippen LogP contribution in [0, 0.1) is 11.3 Å². The van der Waals surface area contributed by atoms with Gasteiger partial charge in [-0.2, -0.15) is 5.26 Å². The molecular formula is C25H34N4O2. The SMILES string of the molecule is CC.CCC.COc1ccc2c(C#N)c(-c3ccc4c(c3)CCN4)n(C)c2c1.NC=O. The normalized spacial score (nSPS) is 10.6. The quantitative estimate of drug-likeness (QED) is 0.553. The molecule has 6 heteroatoms. The molecule has 0 saturated heterocycles. The number of rotatable bonds is 2. The fourth-order valence-corrected chi connectivity index (χ4v) is 3.45. The number of aromatic nitrogens is 1. The van der Waals surface area contributed by atoms with Crippen LogP contribution in [0.4, 0.5) is 5.69 Å². The number of methoxy groups -OCH3 is 1. The number of nitrogens with one attached hydrogen (secondary N) is 1. The van der Waals surface area contributed by atoms with Crippen LogP contribution in [0.1, 0.15) is 45.2 Å². The third-order valence-corrected chi connectivity index (χ3v) is 4.61. The Morgan fingerprint density at radius 2 is 1.87 bits per heavy atom. The molecule has 6 nitrogen and oxygen atoms in total. The summed E-state index contributed by atoms with van der Waals surface area (Å²) in [5.74, 6) is 0.798. The molecule has 0 bridgehead atoms. The van der Waals surface area contributed by atoms with Gasteiger partial charge >= 0.3 is 0 Å². The number of carbonyl (C=O) groups excluding carboxylic acids is 1. The predicted octanol–water partition coefficient (Wildman–Crippen LogP) is 5.24. The zero-order valence-corrected chi connectivity index (χ0v) is 19.5. The summed E-state index contributed by atoms with van der Waals surface area (Å²) < 4.78 is 7.41. The molecule has 0 unspecified atom stereocenters. The summed E-state index contributed by atoms with van der Waals surface area (Å²) in [5.41, 5.74) is 10.5. The first kappa shape index (κ1) is 25.6. The summed E-state index contributed by atoms with van der Waals surface area (Å²) in [5, 5.41) is 14.0. The lowest BCUT2D eigenvalue weighted by atomic mass is 10.0. The van der Waals surface area contributed by atoms with Crippen molar-refractivity contribution in [1.82, 2.24) is 4.57 Å². The molecule has 31 heavy (non-hydrogen) atoms. The Morgan fingerprint density at radius 1 is 1.23 bits per heavy atom. The van der Waals surface area contributed by atoms with Gasteiger partial charge in [-0.15, -0.1) is 0 Å². The lowest BCUT2D eigenvalue weighted by Gasteiger charge is -2.08. The summed E-state index contributed by atoms with van der Waals surface area (Å²) in [6.45, 7) is 9.23. The molecule has 0 aliphatic carbocycles. The van der Waals surface area contributed by atoms with E-state index in [1.807, 2.05) is 39.1 Å². The fraction of sp³-hybridized carbons (Fsp3) is 0.360. The number of hydrogen-bond donors (Lipinski definition) is 2. The number of benzene rings is 2. The second-order valence-corrected chi connectivity index (χ2v) is 6.67. The van der Waals surface area contributed by atoms with E-state index in [-0.39, 0.29) is 6.41 Å². The Kier molecular flexibility index (Phi) is 10.7. The highest BCUT2D eigenvalue weighted by molar-refractivity contribution is 5.95. The van der Waals surface area contributed by atoms with E-state index in [0.717, 1.165) is 46.4 Å². The van der Waals surface area contributed by atoms with Crippen LogP contribution in [-0.2, 0) is 18.3 Å². The minimum Gasteiger partial charge on any atom is -0.497 e. The predicted molar refractivity (Wildman–Crippen MR) is 129 cm³/mol. The van der Waals surface area contributed by atoms with Gasteiger partial charge < -0.3 is 20.4 Å². The van der Waals surface area contributed by atoms with E-state index in [0.29, 0.717) is 0 Å². The zero-order valence-electron chi connectivity index (χ0n) is 19.5. The molecule has 0 fully saturated rings. The number of primary amides is 1. The molecule has 1 aromatic heterocycles. The number of nitrogens with two attached hydrogens (primary N) is 1. The summed E-state index contributed by atoms with van der Waals surface area (Å²) in [6, 6.07) is 14.6. The number of carbonyl (C=O) groups is 1. The molecule has 1 aliphatic rings. The van der Waals surface area contributed by atoms with E-state index in [4.69, 9.17) is 9.53 Å². The molecule has 0 atom stereocenters. The smallest absolute Gasteiger partial charge is 0.204 e. The molecule has 166 valence electrons. The molecule has 2 heterocycles. The van der Waals surface area contributed by atoms with Gasteiger partial charge in [-0.3, -0.25) is 4.79 Å². The highest BCUT2D eigenvalue weighted by Gasteiger charge is 2.19. The maximum Gasteiger partial charge on any atom is 0.204 e. The van der Waals surface area contributed by atoms with Crippen molar-refractivity contribution in [3.05, 3.63) is 47.5 Å². The molecule has 0 saturated carbocycles. The Labute approximate surface area is 185 Å². The van der Waals surface area contributed by atoms with Gasteiger partial charge in [0.1, 0.15) is 11.8 Å². The van der Waals surface area contributed by atoms with Crippen molar-refractivity contribution < 1.29 is 9.53 Å². The molecule has 4 rings (SSSR count). The standard InChI is InChI=1S/C19H17N3O.C3H8.C2H6.CH3NO/c1-22-18-10-14(23-2)4-5-15(18)16(11-20)19(22)13-3-6-17-12(9-13)7-8-21-17;1-3-2;1-2;2-1-3/h3-6,9-10,21H,7-8H2,1-2H3;3H2,1-2H3;1-2H3;1H,(H2,2,3). The van der Waals surface area contributed by atoms with Crippen molar-refractivity contribution in [3.63, 3.8) is 0 Å². The Morgan fingerprint density at radius 3 is 2.45 bits per heavy atom. The third-order valence-electron chi connectivity index (χ3n) is 4.61. The van der Waals surface area contributed by atoms with Crippen LogP contribution in [0.15, 0.2) is 36.4 Å². The van der Waals surface area contributed by atoms with Crippen molar-refractivity contribution in [2.75, 3.05) is 19.0 Å². The molecule has 3 N–H and O–H groups in total. The topological polar surface area (TPSA) is 93.1 Å². The molecular weight excluding hydrogens is 388 g/mol. The van der Waals surface area contributed by atoms with Gasteiger partial charge in [-0.1, -0.05) is 40.2 Å². The number of nitriles is 1. The molecule has 0 radical (unpaired) electrons. The van der Waals surface area contributed by atoms with Crippen LogP contribution in [0.25, 0.3) is 22.2 Å². The highest BCUT2D eigenvalue weighted by Crippen LogP contribution is 2.36. The average molecular weight is 423 g/mol. The number of anilines is 1. The Hall–Kier alpha value is -3.46. The van der Waals surface area contributed by atoms with Crippen LogP contribution in [-0.4, -0.2) is 24.6 Å². The monoisotopic (exact) mass is 422 g/mol. The van der Waals surface area contributed by atoms with Gasteiger partial charge in [0.2, 0.25) is 6.41 Å².